The Kier molecular flexibility index (Phi) is 4.99. The van der Waals surface area contributed by atoms with E-state index >= 15 is 0 Å². The van der Waals surface area contributed by atoms with E-state index in [1.54, 1.807) is 13.2 Å². The predicted octanol–water partition coefficient (Wildman–Crippen LogP) is 4.29. The average Bonchev–Trinajstić information content (AvgIpc) is 2.50. The molecule has 0 saturated carbocycles. The smallest absolute Gasteiger partial charge is 0.328 e. The van der Waals surface area contributed by atoms with E-state index in [2.05, 4.69) is 13.0 Å². The Bertz CT molecular complexity index is 671. The number of aryl methyl sites for hydroxylation is 1. The van der Waals surface area contributed by atoms with Crippen LogP contribution in [-0.4, -0.2) is 18.2 Å². The van der Waals surface area contributed by atoms with Gasteiger partial charge in [-0.05, 0) is 41.5 Å². The van der Waals surface area contributed by atoms with E-state index in [1.165, 1.54) is 11.6 Å². The molecule has 1 N–H and O–H groups in total. The average molecular weight is 284 g/mol. The first-order valence-corrected chi connectivity index (χ1v) is 7.17. The summed E-state index contributed by atoms with van der Waals surface area (Å²) in [6.07, 6.45) is 5.97. The Hall–Kier alpha value is -2.29. The maximum Gasteiger partial charge on any atom is 0.328 e. The highest BCUT2D eigenvalue weighted by molar-refractivity contribution is 5.94. The fraction of sp³-hybridized carbons (Fsp3) is 0.278. The normalized spacial score (nSPS) is 11.1. The third-order valence-electron chi connectivity index (χ3n) is 3.57. The number of methoxy groups -OCH3 is 1. The van der Waals surface area contributed by atoms with Crippen LogP contribution in [0.4, 0.5) is 0 Å². The number of aliphatic carboxylic acids is 1. The van der Waals surface area contributed by atoms with Crippen LogP contribution in [0.25, 0.3) is 16.8 Å². The second-order valence-electron chi connectivity index (χ2n) is 4.96. The Morgan fingerprint density at radius 3 is 2.71 bits per heavy atom. The minimum Gasteiger partial charge on any atom is -0.496 e. The standard InChI is InChI=1S/C18H20O3/c1-3-4-6-14-13(10-12-18(19)20)9-11-16-15(14)7-5-8-17(16)21-2/h5,7-12H,3-4,6H2,1-2H3,(H,19,20)/b12-10+. The number of carboxylic acid groups (broad SMARTS) is 1. The molecule has 0 unspecified atom stereocenters. The van der Waals surface area contributed by atoms with E-state index in [9.17, 15) is 4.79 Å². The minimum absolute atomic E-state index is 0.846. The van der Waals surface area contributed by atoms with E-state index in [1.807, 2.05) is 24.3 Å². The number of carboxylic acids is 1. The highest BCUT2D eigenvalue weighted by atomic mass is 16.5. The number of unbranched alkanes of at least 4 members (excludes halogenated alkanes) is 1. The van der Waals surface area contributed by atoms with Crippen LogP contribution in [0.3, 0.4) is 0 Å². The van der Waals surface area contributed by atoms with Crippen molar-refractivity contribution in [3.63, 3.8) is 0 Å². The maximum atomic E-state index is 10.8. The van der Waals surface area contributed by atoms with Crippen LogP contribution in [0.2, 0.25) is 0 Å². The summed E-state index contributed by atoms with van der Waals surface area (Å²) in [6.45, 7) is 2.15. The number of benzene rings is 2. The topological polar surface area (TPSA) is 46.5 Å². The lowest BCUT2D eigenvalue weighted by molar-refractivity contribution is -0.131. The van der Waals surface area contributed by atoms with Gasteiger partial charge in [-0.2, -0.15) is 0 Å². The fourth-order valence-electron chi connectivity index (χ4n) is 2.54. The maximum absolute atomic E-state index is 10.8. The predicted molar refractivity (Wildman–Crippen MR) is 85.8 cm³/mol. The molecule has 0 aromatic heterocycles. The van der Waals surface area contributed by atoms with Crippen molar-refractivity contribution < 1.29 is 14.6 Å². The molecule has 0 atom stereocenters. The van der Waals surface area contributed by atoms with Gasteiger partial charge in [0.05, 0.1) is 7.11 Å². The molecule has 0 radical (unpaired) electrons. The number of rotatable bonds is 6. The molecule has 2 aromatic carbocycles. The summed E-state index contributed by atoms with van der Waals surface area (Å²) in [6, 6.07) is 9.95. The van der Waals surface area contributed by atoms with Crippen LogP contribution < -0.4 is 4.74 Å². The van der Waals surface area contributed by atoms with Gasteiger partial charge in [-0.3, -0.25) is 0 Å². The van der Waals surface area contributed by atoms with Crippen LogP contribution >= 0.6 is 0 Å². The van der Waals surface area contributed by atoms with Gasteiger partial charge in [0.25, 0.3) is 0 Å². The molecular formula is C18H20O3. The summed E-state index contributed by atoms with van der Waals surface area (Å²) in [7, 11) is 1.67. The van der Waals surface area contributed by atoms with Crippen molar-refractivity contribution >= 4 is 22.8 Å². The molecule has 0 aliphatic carbocycles. The highest BCUT2D eigenvalue weighted by Crippen LogP contribution is 2.31. The highest BCUT2D eigenvalue weighted by Gasteiger charge is 2.09. The second kappa shape index (κ2) is 6.93. The Balaban J connectivity index is 2.61. The lowest BCUT2D eigenvalue weighted by atomic mass is 9.94. The SMILES string of the molecule is CCCCc1c(/C=C/C(=O)O)ccc2c(OC)cccc12. The van der Waals surface area contributed by atoms with Crippen molar-refractivity contribution in [1.29, 1.82) is 0 Å². The third-order valence-corrected chi connectivity index (χ3v) is 3.57. The molecule has 0 aliphatic heterocycles. The molecule has 0 amide bonds. The number of carbonyl (C=O) groups is 1. The molecule has 0 bridgehead atoms. The van der Waals surface area contributed by atoms with E-state index in [4.69, 9.17) is 9.84 Å². The van der Waals surface area contributed by atoms with Gasteiger partial charge in [-0.25, -0.2) is 4.79 Å². The molecule has 0 aliphatic rings. The van der Waals surface area contributed by atoms with E-state index in [-0.39, 0.29) is 0 Å². The van der Waals surface area contributed by atoms with Gasteiger partial charge in [-0.15, -0.1) is 0 Å². The monoisotopic (exact) mass is 284 g/mol. The Morgan fingerprint density at radius 1 is 1.24 bits per heavy atom. The van der Waals surface area contributed by atoms with E-state index < -0.39 is 5.97 Å². The van der Waals surface area contributed by atoms with E-state index in [0.717, 1.165) is 41.3 Å². The zero-order chi connectivity index (χ0) is 15.2. The molecule has 3 nitrogen and oxygen atoms in total. The van der Waals surface area contributed by atoms with Gasteiger partial charge >= 0.3 is 5.97 Å². The van der Waals surface area contributed by atoms with Crippen molar-refractivity contribution in [1.82, 2.24) is 0 Å². The molecule has 0 spiro atoms. The molecule has 21 heavy (non-hydrogen) atoms. The van der Waals surface area contributed by atoms with Gasteiger partial charge in [0.1, 0.15) is 5.75 Å². The fourth-order valence-corrected chi connectivity index (χ4v) is 2.54. The van der Waals surface area contributed by atoms with Crippen molar-refractivity contribution in [2.75, 3.05) is 7.11 Å². The second-order valence-corrected chi connectivity index (χ2v) is 4.96. The molecule has 2 aromatic rings. The summed E-state index contributed by atoms with van der Waals surface area (Å²) < 4.78 is 5.41. The first-order chi connectivity index (χ1) is 10.2. The number of hydrogen-bond acceptors (Lipinski definition) is 2. The van der Waals surface area contributed by atoms with Crippen LogP contribution in [0.1, 0.15) is 30.9 Å². The lowest BCUT2D eigenvalue weighted by Crippen LogP contribution is -1.95. The van der Waals surface area contributed by atoms with Crippen LogP contribution in [0.5, 0.6) is 5.75 Å². The number of fused-ring (bicyclic) bond motifs is 1. The van der Waals surface area contributed by atoms with Crippen molar-refractivity contribution in [3.8, 4) is 5.75 Å². The molecule has 2 rings (SSSR count). The van der Waals surface area contributed by atoms with Gasteiger partial charge in [-0.1, -0.05) is 37.6 Å². The Labute approximate surface area is 124 Å². The zero-order valence-electron chi connectivity index (χ0n) is 12.4. The lowest BCUT2D eigenvalue weighted by Gasteiger charge is -2.13. The number of ether oxygens (including phenoxy) is 1. The number of hydrogen-bond donors (Lipinski definition) is 1. The molecule has 110 valence electrons. The molecule has 0 heterocycles. The summed E-state index contributed by atoms with van der Waals surface area (Å²) in [5, 5.41) is 11.0. The minimum atomic E-state index is -0.929. The molecule has 3 heteroatoms. The van der Waals surface area contributed by atoms with Gasteiger partial charge in [0.15, 0.2) is 0 Å². The van der Waals surface area contributed by atoms with Gasteiger partial charge in [0, 0.05) is 11.5 Å². The first-order valence-electron chi connectivity index (χ1n) is 7.17. The van der Waals surface area contributed by atoms with Gasteiger partial charge in [0.2, 0.25) is 0 Å². The zero-order valence-corrected chi connectivity index (χ0v) is 12.4. The van der Waals surface area contributed by atoms with Crippen LogP contribution in [0, 0.1) is 0 Å². The molecular weight excluding hydrogens is 264 g/mol. The third kappa shape index (κ3) is 3.43. The van der Waals surface area contributed by atoms with Crippen LogP contribution in [0.15, 0.2) is 36.4 Å². The first kappa shape index (κ1) is 15.1. The van der Waals surface area contributed by atoms with Crippen molar-refractivity contribution in [3.05, 3.63) is 47.5 Å². The summed E-state index contributed by atoms with van der Waals surface area (Å²) in [5.41, 5.74) is 2.15. The van der Waals surface area contributed by atoms with Crippen molar-refractivity contribution in [2.45, 2.75) is 26.2 Å². The van der Waals surface area contributed by atoms with E-state index in [0.29, 0.717) is 0 Å². The summed E-state index contributed by atoms with van der Waals surface area (Å²) in [4.78, 5) is 10.8. The summed E-state index contributed by atoms with van der Waals surface area (Å²) in [5.74, 6) is -0.0822. The van der Waals surface area contributed by atoms with Gasteiger partial charge < -0.3 is 9.84 Å². The molecule has 0 saturated heterocycles. The van der Waals surface area contributed by atoms with Crippen LogP contribution in [-0.2, 0) is 11.2 Å². The molecule has 0 fully saturated rings. The quantitative estimate of drug-likeness (QED) is 0.805. The van der Waals surface area contributed by atoms with Crippen molar-refractivity contribution in [2.24, 2.45) is 0 Å². The summed E-state index contributed by atoms with van der Waals surface area (Å²) >= 11 is 0. The largest absolute Gasteiger partial charge is 0.496 e. The Morgan fingerprint density at radius 2 is 2.05 bits per heavy atom.